The molecule has 0 atom stereocenters. The molecule has 1 fully saturated rings. The van der Waals surface area contributed by atoms with E-state index in [1.165, 1.54) is 0 Å². The summed E-state index contributed by atoms with van der Waals surface area (Å²) in [6.45, 7) is 2.72. The first kappa shape index (κ1) is 13.4. The zero-order valence-electron chi connectivity index (χ0n) is 11.0. The molecular formula is C14H18N2O3. The summed E-state index contributed by atoms with van der Waals surface area (Å²) in [5.41, 5.74) is 7.18. The van der Waals surface area contributed by atoms with Crippen LogP contribution in [-0.2, 0) is 9.53 Å². The van der Waals surface area contributed by atoms with Gasteiger partial charge in [0, 0.05) is 24.3 Å². The van der Waals surface area contributed by atoms with Crippen molar-refractivity contribution in [2.45, 2.75) is 26.2 Å². The Bertz CT molecular complexity index is 499. The Balaban J connectivity index is 2.29. The van der Waals surface area contributed by atoms with Crippen LogP contribution in [0.25, 0.3) is 0 Å². The minimum atomic E-state index is -0.452. The van der Waals surface area contributed by atoms with E-state index in [9.17, 15) is 9.59 Å². The van der Waals surface area contributed by atoms with Gasteiger partial charge in [-0.15, -0.1) is 0 Å². The van der Waals surface area contributed by atoms with Gasteiger partial charge in [-0.2, -0.15) is 0 Å². The summed E-state index contributed by atoms with van der Waals surface area (Å²) in [7, 11) is 0. The van der Waals surface area contributed by atoms with E-state index < -0.39 is 5.97 Å². The van der Waals surface area contributed by atoms with E-state index in [1.54, 1.807) is 30.0 Å². The molecule has 0 spiro atoms. The van der Waals surface area contributed by atoms with Gasteiger partial charge in [0.25, 0.3) is 0 Å². The number of carbonyl (C=O) groups is 2. The standard InChI is InChI=1S/C14H18N2O3/c1-2-19-14(18)11-9-10(6-7-12(11)15)16-8-4-3-5-13(16)17/h6-7,9H,2-5,8,15H2,1H3. The number of nitrogens with zero attached hydrogens (tertiary/aromatic N) is 1. The monoisotopic (exact) mass is 262 g/mol. The van der Waals surface area contributed by atoms with Crippen LogP contribution in [0.4, 0.5) is 11.4 Å². The van der Waals surface area contributed by atoms with Gasteiger partial charge in [-0.25, -0.2) is 4.79 Å². The second-order valence-corrected chi connectivity index (χ2v) is 4.49. The highest BCUT2D eigenvalue weighted by molar-refractivity contribution is 5.99. The van der Waals surface area contributed by atoms with Crippen LogP contribution in [-0.4, -0.2) is 25.0 Å². The second kappa shape index (κ2) is 5.73. The molecular weight excluding hydrogens is 244 g/mol. The first-order valence-corrected chi connectivity index (χ1v) is 6.50. The highest BCUT2D eigenvalue weighted by Gasteiger charge is 2.21. The third kappa shape index (κ3) is 2.86. The van der Waals surface area contributed by atoms with Crippen molar-refractivity contribution in [2.24, 2.45) is 0 Å². The summed E-state index contributed by atoms with van der Waals surface area (Å²) in [5, 5.41) is 0. The Morgan fingerprint density at radius 3 is 2.89 bits per heavy atom. The Morgan fingerprint density at radius 2 is 2.21 bits per heavy atom. The molecule has 1 aromatic rings. The van der Waals surface area contributed by atoms with Gasteiger partial charge in [0.15, 0.2) is 0 Å². The average Bonchev–Trinajstić information content (AvgIpc) is 2.40. The van der Waals surface area contributed by atoms with E-state index in [1.807, 2.05) is 0 Å². The molecule has 1 aliphatic rings. The Labute approximate surface area is 112 Å². The molecule has 2 N–H and O–H groups in total. The number of esters is 1. The fraction of sp³-hybridized carbons (Fsp3) is 0.429. The quantitative estimate of drug-likeness (QED) is 0.667. The van der Waals surface area contributed by atoms with E-state index in [0.29, 0.717) is 36.5 Å². The molecule has 5 nitrogen and oxygen atoms in total. The second-order valence-electron chi connectivity index (χ2n) is 4.49. The molecule has 0 unspecified atom stereocenters. The number of hydrogen-bond acceptors (Lipinski definition) is 4. The van der Waals surface area contributed by atoms with Crippen molar-refractivity contribution in [1.29, 1.82) is 0 Å². The number of nitrogen functional groups attached to an aromatic ring is 1. The van der Waals surface area contributed by atoms with E-state index in [-0.39, 0.29) is 5.91 Å². The van der Waals surface area contributed by atoms with Crippen LogP contribution in [0.2, 0.25) is 0 Å². The fourth-order valence-corrected chi connectivity index (χ4v) is 2.18. The molecule has 0 saturated carbocycles. The van der Waals surface area contributed by atoms with E-state index in [2.05, 4.69) is 0 Å². The van der Waals surface area contributed by atoms with E-state index >= 15 is 0 Å². The van der Waals surface area contributed by atoms with Crippen molar-refractivity contribution < 1.29 is 14.3 Å². The Hall–Kier alpha value is -2.04. The van der Waals surface area contributed by atoms with Crippen LogP contribution in [0.15, 0.2) is 18.2 Å². The van der Waals surface area contributed by atoms with Gasteiger partial charge in [-0.1, -0.05) is 0 Å². The number of amides is 1. The largest absolute Gasteiger partial charge is 0.462 e. The van der Waals surface area contributed by atoms with E-state index in [0.717, 1.165) is 12.8 Å². The van der Waals surface area contributed by atoms with Crippen LogP contribution in [0.1, 0.15) is 36.5 Å². The van der Waals surface area contributed by atoms with Crippen molar-refractivity contribution in [3.8, 4) is 0 Å². The molecule has 1 amide bonds. The van der Waals surface area contributed by atoms with Crippen molar-refractivity contribution >= 4 is 23.3 Å². The van der Waals surface area contributed by atoms with Gasteiger partial charge in [0.2, 0.25) is 5.91 Å². The number of benzene rings is 1. The number of anilines is 2. The number of rotatable bonds is 3. The maximum absolute atomic E-state index is 11.9. The summed E-state index contributed by atoms with van der Waals surface area (Å²) >= 11 is 0. The smallest absolute Gasteiger partial charge is 0.340 e. The summed E-state index contributed by atoms with van der Waals surface area (Å²) < 4.78 is 4.96. The van der Waals surface area contributed by atoms with Crippen LogP contribution in [0, 0.1) is 0 Å². The highest BCUT2D eigenvalue weighted by Crippen LogP contribution is 2.25. The number of hydrogen-bond donors (Lipinski definition) is 1. The van der Waals surface area contributed by atoms with Crippen molar-refractivity contribution in [1.82, 2.24) is 0 Å². The number of nitrogens with two attached hydrogens (primary N) is 1. The first-order valence-electron chi connectivity index (χ1n) is 6.50. The lowest BCUT2D eigenvalue weighted by molar-refractivity contribution is -0.119. The Kier molecular flexibility index (Phi) is 4.04. The third-order valence-corrected chi connectivity index (χ3v) is 3.17. The van der Waals surface area contributed by atoms with Gasteiger partial charge < -0.3 is 15.4 Å². The van der Waals surface area contributed by atoms with Gasteiger partial charge >= 0.3 is 5.97 Å². The summed E-state index contributed by atoms with van der Waals surface area (Å²) in [6, 6.07) is 5.04. The summed E-state index contributed by atoms with van der Waals surface area (Å²) in [6.07, 6.45) is 2.46. The molecule has 0 bridgehead atoms. The summed E-state index contributed by atoms with van der Waals surface area (Å²) in [4.78, 5) is 25.3. The molecule has 2 rings (SSSR count). The first-order chi connectivity index (χ1) is 9.13. The number of piperidine rings is 1. The minimum absolute atomic E-state index is 0.0887. The van der Waals surface area contributed by atoms with Crippen LogP contribution < -0.4 is 10.6 Å². The maximum atomic E-state index is 11.9. The molecule has 102 valence electrons. The lowest BCUT2D eigenvalue weighted by Gasteiger charge is -2.27. The van der Waals surface area contributed by atoms with Gasteiger partial charge in [-0.3, -0.25) is 4.79 Å². The molecule has 0 radical (unpaired) electrons. The molecule has 1 heterocycles. The van der Waals surface area contributed by atoms with Crippen LogP contribution in [0.5, 0.6) is 0 Å². The lowest BCUT2D eigenvalue weighted by atomic mass is 10.1. The number of ether oxygens (including phenoxy) is 1. The number of carbonyl (C=O) groups excluding carboxylic acids is 2. The zero-order chi connectivity index (χ0) is 13.8. The van der Waals surface area contributed by atoms with Crippen molar-refractivity contribution in [3.63, 3.8) is 0 Å². The molecule has 19 heavy (non-hydrogen) atoms. The van der Waals surface area contributed by atoms with Gasteiger partial charge in [0.05, 0.1) is 12.2 Å². The zero-order valence-corrected chi connectivity index (χ0v) is 11.0. The average molecular weight is 262 g/mol. The molecule has 1 aromatic carbocycles. The van der Waals surface area contributed by atoms with Crippen molar-refractivity contribution in [3.05, 3.63) is 23.8 Å². The Morgan fingerprint density at radius 1 is 1.42 bits per heavy atom. The normalized spacial score (nSPS) is 15.4. The highest BCUT2D eigenvalue weighted by atomic mass is 16.5. The minimum Gasteiger partial charge on any atom is -0.462 e. The van der Waals surface area contributed by atoms with Crippen molar-refractivity contribution in [2.75, 3.05) is 23.8 Å². The van der Waals surface area contributed by atoms with Gasteiger partial charge in [0.1, 0.15) is 0 Å². The fourth-order valence-electron chi connectivity index (χ4n) is 2.18. The SMILES string of the molecule is CCOC(=O)c1cc(N2CCCCC2=O)ccc1N. The molecule has 0 aliphatic carbocycles. The van der Waals surface area contributed by atoms with Crippen LogP contribution in [0.3, 0.4) is 0 Å². The molecule has 0 aromatic heterocycles. The lowest BCUT2D eigenvalue weighted by Crippen LogP contribution is -2.35. The molecule has 5 heteroatoms. The van der Waals surface area contributed by atoms with E-state index in [4.69, 9.17) is 10.5 Å². The molecule has 1 saturated heterocycles. The van der Waals surface area contributed by atoms with Gasteiger partial charge in [-0.05, 0) is 38.0 Å². The predicted molar refractivity (Wildman–Crippen MR) is 73.0 cm³/mol. The topological polar surface area (TPSA) is 72.6 Å². The maximum Gasteiger partial charge on any atom is 0.340 e. The summed E-state index contributed by atoms with van der Waals surface area (Å²) in [5.74, 6) is -0.364. The predicted octanol–water partition coefficient (Wildman–Crippen LogP) is 1.96. The van der Waals surface area contributed by atoms with Crippen LogP contribution >= 0.6 is 0 Å². The molecule has 1 aliphatic heterocycles. The third-order valence-electron chi connectivity index (χ3n) is 3.17.